The van der Waals surface area contributed by atoms with Crippen LogP contribution in [0, 0.1) is 0 Å². The van der Waals surface area contributed by atoms with E-state index in [1.807, 2.05) is 0 Å². The summed E-state index contributed by atoms with van der Waals surface area (Å²) in [6, 6.07) is 0. The minimum atomic E-state index is -0.883. The lowest BCUT2D eigenvalue weighted by Crippen LogP contribution is -2.67. The highest BCUT2D eigenvalue weighted by Crippen LogP contribution is 2.76. The maximum absolute atomic E-state index is 11.0. The molecule has 1 N–H and O–H groups in total. The van der Waals surface area contributed by atoms with Crippen LogP contribution in [-0.4, -0.2) is 11.9 Å². The molecule has 0 aliphatic heterocycles. The molecule has 0 radical (unpaired) electrons. The molecule has 0 rings (SSSR count). The van der Waals surface area contributed by atoms with Crippen molar-refractivity contribution in [2.75, 3.05) is 0 Å². The zero-order valence-electron chi connectivity index (χ0n) is 8.36. The molecule has 14 heteroatoms. The van der Waals surface area contributed by atoms with E-state index >= 15 is 0 Å². The van der Waals surface area contributed by atoms with E-state index in [2.05, 4.69) is 294 Å². The van der Waals surface area contributed by atoms with Gasteiger partial charge in [-0.2, -0.15) is 0 Å². The molecule has 1 unspecified atom stereocenters. The van der Waals surface area contributed by atoms with Crippen molar-refractivity contribution in [3.8, 4) is 0 Å². The van der Waals surface area contributed by atoms with E-state index in [4.69, 9.17) is 0 Å². The average Bonchev–Trinajstić information content (AvgIpc) is 2.10. The normalized spacial score (nSPS) is 18.9. The first-order valence-corrected chi connectivity index (χ1v) is 18.0. The minimum absolute atomic E-state index is 0.00784. The summed E-state index contributed by atoms with van der Waals surface area (Å²) in [6.07, 6.45) is 0. The van der Waals surface area contributed by atoms with Gasteiger partial charge in [-0.25, -0.2) is 0 Å². The molecule has 0 bridgehead atoms. The number of rotatable bonds is 5. The van der Waals surface area contributed by atoms with Crippen molar-refractivity contribution >= 4 is 294 Å². The summed E-state index contributed by atoms with van der Waals surface area (Å²) in [5.74, 6) is 0. The molecule has 122 valence electrons. The molecule has 0 saturated heterocycles. The highest BCUT2D eigenvalue weighted by atomic mass is 127. The number of hydrogen-bond donors (Lipinski definition) is 1. The number of halogens is 13. The van der Waals surface area contributed by atoms with Gasteiger partial charge < -0.3 is 5.11 Å². The van der Waals surface area contributed by atoms with Crippen LogP contribution in [0.3, 0.4) is 0 Å². The van der Waals surface area contributed by atoms with Crippen LogP contribution in [0.1, 0.15) is 0 Å². The smallest absolute Gasteiger partial charge is 0.186 e. The van der Waals surface area contributed by atoms with Crippen LogP contribution < -0.4 is 0 Å². The van der Waals surface area contributed by atoms with E-state index in [0.717, 1.165) is 0 Å². The zero-order valence-corrected chi connectivity index (χ0v) is 36.4. The monoisotopic (exact) mass is 1740 g/mol. The Bertz CT molecular complexity index is 343. The molecule has 1 nitrogen and oxygen atoms in total. The van der Waals surface area contributed by atoms with Gasteiger partial charge >= 0.3 is 0 Å². The second kappa shape index (κ2) is 10.4. The summed E-state index contributed by atoms with van der Waals surface area (Å²) in [7, 11) is 0. The quantitative estimate of drug-likeness (QED) is 0.215. The molecule has 0 aliphatic carbocycles. The van der Waals surface area contributed by atoms with Crippen molar-refractivity contribution in [3.63, 3.8) is 0 Å². The Labute approximate surface area is 296 Å². The van der Waals surface area contributed by atoms with Crippen LogP contribution >= 0.6 is 294 Å². The minimum Gasteiger partial charge on any atom is -0.369 e. The van der Waals surface area contributed by atoms with Gasteiger partial charge in [0.05, 0.1) is 0 Å². The Hall–Kier alpha value is 9.45. The lowest BCUT2D eigenvalue weighted by molar-refractivity contribution is 0.226. The third-order valence-electron chi connectivity index (χ3n) is 1.99. The van der Waals surface area contributed by atoms with Gasteiger partial charge in [0.2, 0.25) is 0 Å². The van der Waals surface area contributed by atoms with E-state index in [1.165, 1.54) is 0 Å². The molecule has 0 fully saturated rings. The molecule has 0 spiro atoms. The van der Waals surface area contributed by atoms with E-state index in [-0.39, 0.29) is 5.15 Å². The first-order valence-electron chi connectivity index (χ1n) is 3.93. The van der Waals surface area contributed by atoms with Crippen LogP contribution in [0.2, 0.25) is 0 Å². The summed E-state index contributed by atoms with van der Waals surface area (Å²) in [4.78, 5) is 0. The topological polar surface area (TPSA) is 20.2 Å². The van der Waals surface area contributed by atoms with Crippen LogP contribution in [0.5, 0.6) is 0 Å². The maximum atomic E-state index is 11.0. The van der Waals surface area contributed by atoms with Crippen molar-refractivity contribution in [1.82, 2.24) is 0 Å². The SMILES string of the molecule is OC(I)(I)C(I)(C(I)(I)I)C(I)(I)C(I)(I)C(I)(I)I. The van der Waals surface area contributed by atoms with Gasteiger partial charge in [-0.05, 0) is 45.2 Å². The molecule has 0 amide bonds. The first kappa shape index (κ1) is 29.5. The lowest BCUT2D eigenvalue weighted by Gasteiger charge is -2.55. The lowest BCUT2D eigenvalue weighted by atomic mass is 10.1. The van der Waals surface area contributed by atoms with Crippen molar-refractivity contribution in [2.24, 2.45) is 0 Å². The van der Waals surface area contributed by atoms with E-state index in [1.54, 1.807) is 0 Å². The first-order chi connectivity index (χ1) is 8.25. The molecule has 20 heavy (non-hydrogen) atoms. The Morgan fingerprint density at radius 3 is 0.900 bits per heavy atom. The molecule has 0 heterocycles. The fraction of sp³-hybridized carbons (Fsp3) is 1.00. The van der Waals surface area contributed by atoms with Crippen LogP contribution in [-0.2, 0) is 0 Å². The maximum Gasteiger partial charge on any atom is 0.186 e. The summed E-state index contributed by atoms with van der Waals surface area (Å²) in [6.45, 7) is 0. The third-order valence-corrected chi connectivity index (χ3v) is 34.9. The molecular weight excluding hydrogens is 1740 g/mol. The van der Waals surface area contributed by atoms with E-state index in [0.29, 0.717) is 0 Å². The van der Waals surface area contributed by atoms with Gasteiger partial charge in [0.15, 0.2) is 1.61 Å². The van der Waals surface area contributed by atoms with Gasteiger partial charge in [0.25, 0.3) is 0 Å². The Morgan fingerprint density at radius 1 is 0.450 bits per heavy atom. The standard InChI is InChI=1S/C6HI13O/c7-1(4(12,13)14,6(18,19)20)2(8,9)3(10,11)5(15,16)17/h20H. The summed E-state index contributed by atoms with van der Waals surface area (Å²) in [5.41, 5.74) is 0. The molecule has 1 atom stereocenters. The predicted molar refractivity (Wildman–Crippen MR) is 201 cm³/mol. The summed E-state index contributed by atoms with van der Waals surface area (Å²) >= 11 is 31.8. The van der Waals surface area contributed by atoms with Crippen LogP contribution in [0.4, 0.5) is 0 Å². The fourth-order valence-corrected chi connectivity index (χ4v) is 22.1. The van der Waals surface area contributed by atoms with Gasteiger partial charge in [0.1, 0.15) is 5.15 Å². The third kappa shape index (κ3) is 6.48. The molecule has 0 aromatic rings. The summed E-state index contributed by atoms with van der Waals surface area (Å²) in [5, 5.41) is 11.0. The van der Waals surface area contributed by atoms with Gasteiger partial charge in [-0.15, -0.1) is 0 Å². The largest absolute Gasteiger partial charge is 0.369 e. The van der Waals surface area contributed by atoms with E-state index < -0.39 is 1.61 Å². The molecule has 0 aliphatic rings. The second-order valence-corrected chi connectivity index (χ2v) is 42.8. The molecule has 0 aromatic heterocycles. The zero-order chi connectivity index (χ0) is 17.0. The highest BCUT2D eigenvalue weighted by molar-refractivity contribution is 14.3. The van der Waals surface area contributed by atoms with Gasteiger partial charge in [-0.1, -0.05) is 248 Å². The van der Waals surface area contributed by atoms with Gasteiger partial charge in [0, 0.05) is 0 Å². The van der Waals surface area contributed by atoms with E-state index in [9.17, 15) is 5.11 Å². The van der Waals surface area contributed by atoms with Crippen LogP contribution in [0.25, 0.3) is 0 Å². The Balaban J connectivity index is 6.38. The predicted octanol–water partition coefficient (Wildman–Crippen LogP) is 9.73. The second-order valence-electron chi connectivity index (χ2n) is 3.34. The fourth-order valence-electron chi connectivity index (χ4n) is 0.932. The van der Waals surface area contributed by atoms with Crippen molar-refractivity contribution < 1.29 is 5.11 Å². The molecule has 0 aromatic carbocycles. The highest BCUT2D eigenvalue weighted by Gasteiger charge is 2.75. The van der Waals surface area contributed by atoms with Crippen molar-refractivity contribution in [3.05, 3.63) is 0 Å². The Morgan fingerprint density at radius 2 is 0.750 bits per heavy atom. The number of alkyl halides is 13. The molecular formula is C6HI13O. The van der Waals surface area contributed by atoms with Crippen molar-refractivity contribution in [1.29, 1.82) is 0 Å². The number of aliphatic hydroxyl groups is 1. The van der Waals surface area contributed by atoms with Gasteiger partial charge in [-0.3, -0.25) is 0 Å². The molecule has 0 saturated carbocycles. The summed E-state index contributed by atoms with van der Waals surface area (Å²) < 4.78 is -1.71. The number of hydrogen-bond acceptors (Lipinski definition) is 1. The Kier molecular flexibility index (Phi) is 15.3. The van der Waals surface area contributed by atoms with Crippen molar-refractivity contribution in [2.45, 2.75) is 6.76 Å². The average molecular weight is 1740 g/mol. The van der Waals surface area contributed by atoms with Crippen LogP contribution in [0.15, 0.2) is 0 Å².